The summed E-state index contributed by atoms with van der Waals surface area (Å²) in [4.78, 5) is 34.8. The molecule has 6 heteroatoms. The summed E-state index contributed by atoms with van der Waals surface area (Å²) < 4.78 is 0. The van der Waals surface area contributed by atoms with Crippen LogP contribution in [0.25, 0.3) is 10.9 Å². The molecule has 2 atom stereocenters. The van der Waals surface area contributed by atoms with E-state index in [1.165, 1.54) is 12.0 Å². The fraction of sp³-hybridized carbons (Fsp3) is 0.485. The first-order chi connectivity index (χ1) is 18.8. The van der Waals surface area contributed by atoms with Crippen LogP contribution in [0.3, 0.4) is 0 Å². The highest BCUT2D eigenvalue weighted by molar-refractivity contribution is 5.96. The lowest BCUT2D eigenvalue weighted by atomic mass is 9.90. The van der Waals surface area contributed by atoms with Gasteiger partial charge in [0.2, 0.25) is 11.8 Å². The molecule has 0 aliphatic carbocycles. The molecule has 2 aliphatic rings. The van der Waals surface area contributed by atoms with Gasteiger partial charge < -0.3 is 15.1 Å². The van der Waals surface area contributed by atoms with Gasteiger partial charge in [-0.05, 0) is 85.8 Å². The zero-order chi connectivity index (χ0) is 27.4. The number of hydrogen-bond acceptors (Lipinski definition) is 4. The first-order valence-corrected chi connectivity index (χ1v) is 14.6. The van der Waals surface area contributed by atoms with Crippen LogP contribution in [-0.2, 0) is 16.0 Å². The number of carbonyl (C=O) groups is 2. The van der Waals surface area contributed by atoms with E-state index in [0.717, 1.165) is 73.4 Å². The number of anilines is 2. The number of pyridine rings is 1. The van der Waals surface area contributed by atoms with Gasteiger partial charge in [-0.2, -0.15) is 0 Å². The third kappa shape index (κ3) is 6.97. The van der Waals surface area contributed by atoms with Crippen molar-refractivity contribution >= 4 is 34.2 Å². The summed E-state index contributed by atoms with van der Waals surface area (Å²) in [7, 11) is 0. The molecule has 2 aliphatic heterocycles. The Balaban J connectivity index is 1.11. The normalized spacial score (nSPS) is 20.3. The lowest BCUT2D eigenvalue weighted by molar-refractivity contribution is -0.134. The summed E-state index contributed by atoms with van der Waals surface area (Å²) >= 11 is 0. The van der Waals surface area contributed by atoms with E-state index in [9.17, 15) is 9.59 Å². The minimum Gasteiger partial charge on any atom is -0.356 e. The van der Waals surface area contributed by atoms with Crippen LogP contribution < -0.4 is 10.2 Å². The summed E-state index contributed by atoms with van der Waals surface area (Å²) in [6.07, 6.45) is 4.83. The van der Waals surface area contributed by atoms with Crippen molar-refractivity contribution in [1.82, 2.24) is 9.88 Å². The van der Waals surface area contributed by atoms with Gasteiger partial charge in [0.05, 0.1) is 5.52 Å². The molecule has 0 bridgehead atoms. The Kier molecular flexibility index (Phi) is 8.49. The second kappa shape index (κ2) is 12.2. The molecular formula is C33H42N4O2. The SMILES string of the molecule is Cc1cc(N2C[C@@H](C)C[C@H](C)C2)nc2ccc(NC(=O)CCC(=O)N3CCC(Cc4ccccc4)CC3)cc12. The first-order valence-electron chi connectivity index (χ1n) is 14.6. The lowest BCUT2D eigenvalue weighted by Gasteiger charge is -2.36. The van der Waals surface area contributed by atoms with E-state index in [4.69, 9.17) is 4.98 Å². The van der Waals surface area contributed by atoms with Crippen LogP contribution in [0, 0.1) is 24.7 Å². The summed E-state index contributed by atoms with van der Waals surface area (Å²) in [6, 6.07) is 18.6. The monoisotopic (exact) mass is 526 g/mol. The first kappa shape index (κ1) is 27.2. The van der Waals surface area contributed by atoms with Gasteiger partial charge in [-0.15, -0.1) is 0 Å². The highest BCUT2D eigenvalue weighted by Crippen LogP contribution is 2.30. The van der Waals surface area contributed by atoms with E-state index in [-0.39, 0.29) is 24.7 Å². The zero-order valence-corrected chi connectivity index (χ0v) is 23.7. The molecule has 5 rings (SSSR count). The molecule has 206 valence electrons. The maximum absolute atomic E-state index is 12.8. The van der Waals surface area contributed by atoms with Crippen molar-refractivity contribution in [3.05, 3.63) is 65.7 Å². The molecule has 3 heterocycles. The summed E-state index contributed by atoms with van der Waals surface area (Å²) in [5.74, 6) is 2.95. The number of aryl methyl sites for hydroxylation is 1. The third-order valence-corrected chi connectivity index (χ3v) is 8.38. The highest BCUT2D eigenvalue weighted by atomic mass is 16.2. The van der Waals surface area contributed by atoms with Crippen molar-refractivity contribution in [2.75, 3.05) is 36.4 Å². The second-order valence-electron chi connectivity index (χ2n) is 11.9. The maximum atomic E-state index is 12.8. The molecule has 2 amide bonds. The fourth-order valence-electron chi connectivity index (χ4n) is 6.40. The van der Waals surface area contributed by atoms with E-state index in [2.05, 4.69) is 61.3 Å². The Morgan fingerprint density at radius 1 is 0.949 bits per heavy atom. The van der Waals surface area contributed by atoms with E-state index in [0.29, 0.717) is 17.8 Å². The van der Waals surface area contributed by atoms with Gasteiger partial charge in [0, 0.05) is 50.1 Å². The van der Waals surface area contributed by atoms with Crippen molar-refractivity contribution < 1.29 is 9.59 Å². The van der Waals surface area contributed by atoms with E-state index in [1.807, 2.05) is 29.2 Å². The number of fused-ring (bicyclic) bond motifs is 1. The molecule has 2 fully saturated rings. The molecule has 0 spiro atoms. The second-order valence-corrected chi connectivity index (χ2v) is 11.9. The molecule has 6 nitrogen and oxygen atoms in total. The standard InChI is InChI=1S/C33H42N4O2/c1-23-17-24(2)22-37(21-23)31-18-25(3)29-20-28(9-10-30(29)35-31)34-32(38)11-12-33(39)36-15-13-27(14-16-36)19-26-7-5-4-6-8-26/h4-10,18,20,23-24,27H,11-17,19,21-22H2,1-3H3,(H,34,38)/t23-,24-/m0/s1. The summed E-state index contributed by atoms with van der Waals surface area (Å²) in [5.41, 5.74) is 4.22. The highest BCUT2D eigenvalue weighted by Gasteiger charge is 2.24. The average molecular weight is 527 g/mol. The molecule has 2 aromatic carbocycles. The van der Waals surface area contributed by atoms with Crippen molar-refractivity contribution in [1.29, 1.82) is 0 Å². The van der Waals surface area contributed by atoms with Gasteiger partial charge in [0.25, 0.3) is 0 Å². The van der Waals surface area contributed by atoms with Gasteiger partial charge in [-0.3, -0.25) is 9.59 Å². The van der Waals surface area contributed by atoms with Crippen LogP contribution in [0.15, 0.2) is 54.6 Å². The Morgan fingerprint density at radius 2 is 1.67 bits per heavy atom. The molecule has 39 heavy (non-hydrogen) atoms. The maximum Gasteiger partial charge on any atom is 0.224 e. The van der Waals surface area contributed by atoms with E-state index < -0.39 is 0 Å². The number of piperidine rings is 2. The molecule has 2 saturated heterocycles. The Morgan fingerprint density at radius 3 is 2.38 bits per heavy atom. The lowest BCUT2D eigenvalue weighted by Crippen LogP contribution is -2.39. The number of likely N-dealkylation sites (tertiary alicyclic amines) is 1. The molecule has 0 radical (unpaired) electrons. The van der Waals surface area contributed by atoms with Crippen LogP contribution in [0.1, 0.15) is 57.1 Å². The van der Waals surface area contributed by atoms with E-state index in [1.54, 1.807) is 0 Å². The molecule has 1 N–H and O–H groups in total. The number of hydrogen-bond donors (Lipinski definition) is 1. The predicted octanol–water partition coefficient (Wildman–Crippen LogP) is 6.23. The topological polar surface area (TPSA) is 65.5 Å². The summed E-state index contributed by atoms with van der Waals surface area (Å²) in [5, 5.41) is 4.04. The summed E-state index contributed by atoms with van der Waals surface area (Å²) in [6.45, 7) is 10.4. The van der Waals surface area contributed by atoms with Gasteiger partial charge in [0.15, 0.2) is 0 Å². The van der Waals surface area contributed by atoms with Crippen LogP contribution in [0.5, 0.6) is 0 Å². The largest absolute Gasteiger partial charge is 0.356 e. The molecule has 0 unspecified atom stereocenters. The van der Waals surface area contributed by atoms with Gasteiger partial charge in [0.1, 0.15) is 5.82 Å². The van der Waals surface area contributed by atoms with Crippen LogP contribution in [0.4, 0.5) is 11.5 Å². The van der Waals surface area contributed by atoms with Crippen LogP contribution in [0.2, 0.25) is 0 Å². The number of nitrogens with zero attached hydrogens (tertiary/aromatic N) is 3. The minimum atomic E-state index is -0.125. The van der Waals surface area contributed by atoms with Crippen molar-refractivity contribution in [3.63, 3.8) is 0 Å². The molecule has 1 aromatic heterocycles. The number of aromatic nitrogens is 1. The van der Waals surface area contributed by atoms with Gasteiger partial charge >= 0.3 is 0 Å². The van der Waals surface area contributed by atoms with Crippen molar-refractivity contribution in [2.45, 2.75) is 59.3 Å². The fourth-order valence-corrected chi connectivity index (χ4v) is 6.40. The third-order valence-electron chi connectivity index (χ3n) is 8.38. The average Bonchev–Trinajstić information content (AvgIpc) is 2.92. The number of amides is 2. The van der Waals surface area contributed by atoms with Gasteiger partial charge in [-0.25, -0.2) is 4.98 Å². The molecule has 3 aromatic rings. The van der Waals surface area contributed by atoms with Crippen LogP contribution in [-0.4, -0.2) is 47.9 Å². The minimum absolute atomic E-state index is 0.0794. The van der Waals surface area contributed by atoms with E-state index >= 15 is 0 Å². The zero-order valence-electron chi connectivity index (χ0n) is 23.7. The van der Waals surface area contributed by atoms with Gasteiger partial charge in [-0.1, -0.05) is 44.2 Å². The Hall–Kier alpha value is -3.41. The van der Waals surface area contributed by atoms with Crippen LogP contribution >= 0.6 is 0 Å². The quantitative estimate of drug-likeness (QED) is 0.397. The number of carbonyl (C=O) groups excluding carboxylic acids is 2. The Labute approximate surface area is 232 Å². The molecule has 0 saturated carbocycles. The smallest absolute Gasteiger partial charge is 0.224 e. The number of nitrogens with one attached hydrogen (secondary N) is 1. The predicted molar refractivity (Wildman–Crippen MR) is 159 cm³/mol. The molecular weight excluding hydrogens is 484 g/mol. The number of rotatable bonds is 7. The van der Waals surface area contributed by atoms with Crippen molar-refractivity contribution in [2.24, 2.45) is 17.8 Å². The number of benzene rings is 2. The van der Waals surface area contributed by atoms with Crippen molar-refractivity contribution in [3.8, 4) is 0 Å². The Bertz CT molecular complexity index is 1290.